The zero-order valence-electron chi connectivity index (χ0n) is 18.6. The summed E-state index contributed by atoms with van der Waals surface area (Å²) in [5.41, 5.74) is 4.87. The predicted octanol–water partition coefficient (Wildman–Crippen LogP) is 3.14. The van der Waals surface area contributed by atoms with Gasteiger partial charge in [-0.3, -0.25) is 14.6 Å². The second-order valence-corrected chi connectivity index (χ2v) is 10.4. The quantitative estimate of drug-likeness (QED) is 0.392. The number of nitrogens with one attached hydrogen (secondary N) is 1. The Kier molecular flexibility index (Phi) is 6.28. The van der Waals surface area contributed by atoms with Crippen molar-refractivity contribution < 1.29 is 19.4 Å². The highest BCUT2D eigenvalue weighted by Gasteiger charge is 2.58. The lowest BCUT2D eigenvalue weighted by Crippen LogP contribution is -2.59. The van der Waals surface area contributed by atoms with Crippen LogP contribution in [0, 0.1) is 34.5 Å². The van der Waals surface area contributed by atoms with Gasteiger partial charge in [0, 0.05) is 5.02 Å². The lowest BCUT2D eigenvalue weighted by molar-refractivity contribution is -0.150. The van der Waals surface area contributed by atoms with E-state index in [1.54, 1.807) is 31.2 Å². The number of hydrogen-bond acceptors (Lipinski definition) is 5. The zero-order chi connectivity index (χ0) is 23.8. The van der Waals surface area contributed by atoms with Gasteiger partial charge in [-0.1, -0.05) is 11.6 Å². The van der Waals surface area contributed by atoms with Crippen LogP contribution in [0.25, 0.3) is 0 Å². The third-order valence-electron chi connectivity index (χ3n) is 7.51. The number of aliphatic imine (C=N–C) groups is 1. The van der Waals surface area contributed by atoms with Crippen LogP contribution in [0.4, 0.5) is 0 Å². The standard InChI is InChI=1S/C24H29ClN4O4/c1-23(6-7-26,33-18-4-2-17(25)3-5-18)21(27)29-20-15-8-14-9-16(20)12-24(10-14,11-15)22(32)28-13-19(30)31/h2-5,14-16,20H,6,8-13H2,1H3,(H2,27,29)(H,28,32)(H,30,31). The van der Waals surface area contributed by atoms with Gasteiger partial charge in [0.1, 0.15) is 18.1 Å². The lowest BCUT2D eigenvalue weighted by atomic mass is 9.47. The maximum absolute atomic E-state index is 12.9. The van der Waals surface area contributed by atoms with Crippen molar-refractivity contribution in [1.82, 2.24) is 5.32 Å². The Morgan fingerprint density at radius 2 is 1.94 bits per heavy atom. The highest BCUT2D eigenvalue weighted by molar-refractivity contribution is 6.30. The molecule has 4 N–H and O–H groups in total. The third-order valence-corrected chi connectivity index (χ3v) is 7.76. The summed E-state index contributed by atoms with van der Waals surface area (Å²) in [5, 5.41) is 21.5. The first-order chi connectivity index (χ1) is 15.6. The van der Waals surface area contributed by atoms with Crippen molar-refractivity contribution in [2.75, 3.05) is 6.54 Å². The van der Waals surface area contributed by atoms with E-state index in [4.69, 9.17) is 32.2 Å². The number of nitrogens with zero attached hydrogens (tertiary/aromatic N) is 2. The molecule has 4 aliphatic carbocycles. The molecule has 0 saturated heterocycles. The van der Waals surface area contributed by atoms with E-state index in [-0.39, 0.29) is 42.6 Å². The van der Waals surface area contributed by atoms with Gasteiger partial charge < -0.3 is 20.9 Å². The smallest absolute Gasteiger partial charge is 0.322 e. The van der Waals surface area contributed by atoms with Crippen LogP contribution in [0.3, 0.4) is 0 Å². The van der Waals surface area contributed by atoms with E-state index in [9.17, 15) is 14.9 Å². The largest absolute Gasteiger partial charge is 0.480 e. The van der Waals surface area contributed by atoms with Gasteiger partial charge in [-0.15, -0.1) is 0 Å². The Labute approximate surface area is 198 Å². The molecule has 9 heteroatoms. The molecule has 176 valence electrons. The van der Waals surface area contributed by atoms with E-state index in [2.05, 4.69) is 11.4 Å². The maximum atomic E-state index is 12.9. The maximum Gasteiger partial charge on any atom is 0.322 e. The van der Waals surface area contributed by atoms with Crippen molar-refractivity contribution in [3.63, 3.8) is 0 Å². The number of aliphatic carboxylic acids is 1. The number of carbonyl (C=O) groups excluding carboxylic acids is 1. The van der Waals surface area contributed by atoms with Crippen LogP contribution in [0.15, 0.2) is 29.3 Å². The van der Waals surface area contributed by atoms with Gasteiger partial charge in [-0.05, 0) is 81.0 Å². The summed E-state index contributed by atoms with van der Waals surface area (Å²) < 4.78 is 6.11. The van der Waals surface area contributed by atoms with Crippen molar-refractivity contribution in [2.24, 2.45) is 33.9 Å². The average molecular weight is 473 g/mol. The summed E-state index contributed by atoms with van der Waals surface area (Å²) in [6.45, 7) is 1.41. The van der Waals surface area contributed by atoms with Gasteiger partial charge in [0.25, 0.3) is 0 Å². The van der Waals surface area contributed by atoms with E-state index < -0.39 is 17.0 Å². The summed E-state index contributed by atoms with van der Waals surface area (Å²) in [6, 6.07) is 9.00. The predicted molar refractivity (Wildman–Crippen MR) is 123 cm³/mol. The molecular formula is C24H29ClN4O4. The summed E-state index contributed by atoms with van der Waals surface area (Å²) in [5.74, 6) is 0.484. The molecule has 0 heterocycles. The lowest BCUT2D eigenvalue weighted by Gasteiger charge is -2.58. The van der Waals surface area contributed by atoms with E-state index in [1.807, 2.05) is 0 Å². The number of nitriles is 1. The molecule has 0 spiro atoms. The van der Waals surface area contributed by atoms with Crippen LogP contribution in [0.5, 0.6) is 5.75 Å². The summed E-state index contributed by atoms with van der Waals surface area (Å²) in [7, 11) is 0. The average Bonchev–Trinajstić information content (AvgIpc) is 2.75. The van der Waals surface area contributed by atoms with Crippen molar-refractivity contribution in [3.05, 3.63) is 29.3 Å². The second-order valence-electron chi connectivity index (χ2n) is 9.95. The van der Waals surface area contributed by atoms with Gasteiger partial charge in [0.05, 0.1) is 23.9 Å². The first-order valence-corrected chi connectivity index (χ1v) is 11.7. The van der Waals surface area contributed by atoms with Crippen molar-refractivity contribution >= 4 is 29.3 Å². The van der Waals surface area contributed by atoms with Crippen LogP contribution in [-0.2, 0) is 9.59 Å². The Morgan fingerprint density at radius 1 is 1.30 bits per heavy atom. The number of carbonyl (C=O) groups is 2. The van der Waals surface area contributed by atoms with Gasteiger partial charge in [-0.2, -0.15) is 5.26 Å². The van der Waals surface area contributed by atoms with E-state index in [1.165, 1.54) is 0 Å². The number of nitrogens with two attached hydrogens (primary N) is 1. The molecule has 0 aromatic heterocycles. The van der Waals surface area contributed by atoms with E-state index in [0.717, 1.165) is 19.3 Å². The van der Waals surface area contributed by atoms with E-state index >= 15 is 0 Å². The minimum absolute atomic E-state index is 0.0335. The molecule has 8 nitrogen and oxygen atoms in total. The van der Waals surface area contributed by atoms with Crippen LogP contribution in [0.2, 0.25) is 5.02 Å². The Balaban J connectivity index is 1.54. The number of carboxylic acid groups (broad SMARTS) is 1. The molecule has 4 saturated carbocycles. The number of benzene rings is 1. The van der Waals surface area contributed by atoms with Crippen molar-refractivity contribution in [2.45, 2.75) is 57.1 Å². The number of rotatable bonds is 8. The van der Waals surface area contributed by atoms with Gasteiger partial charge in [0.15, 0.2) is 5.60 Å². The van der Waals surface area contributed by atoms with Crippen LogP contribution < -0.4 is 15.8 Å². The molecule has 33 heavy (non-hydrogen) atoms. The molecule has 0 radical (unpaired) electrons. The van der Waals surface area contributed by atoms with Crippen molar-refractivity contribution in [1.29, 1.82) is 5.26 Å². The van der Waals surface area contributed by atoms with Crippen LogP contribution in [-0.4, -0.2) is 41.0 Å². The highest BCUT2D eigenvalue weighted by atomic mass is 35.5. The molecule has 4 aliphatic rings. The monoisotopic (exact) mass is 472 g/mol. The molecule has 3 unspecified atom stereocenters. The van der Waals surface area contributed by atoms with Crippen LogP contribution in [0.1, 0.15) is 45.4 Å². The fourth-order valence-corrected chi connectivity index (χ4v) is 6.35. The fourth-order valence-electron chi connectivity index (χ4n) is 6.22. The normalized spacial score (nSPS) is 32.0. The molecule has 5 rings (SSSR count). The van der Waals surface area contributed by atoms with E-state index in [0.29, 0.717) is 29.5 Å². The fraction of sp³-hybridized carbons (Fsp3) is 0.583. The Morgan fingerprint density at radius 3 is 2.52 bits per heavy atom. The molecule has 4 bridgehead atoms. The first kappa shape index (κ1) is 23.4. The third kappa shape index (κ3) is 4.65. The summed E-state index contributed by atoms with van der Waals surface area (Å²) >= 11 is 5.96. The molecule has 0 aliphatic heterocycles. The highest BCUT2D eigenvalue weighted by Crippen LogP contribution is 2.61. The topological polar surface area (TPSA) is 138 Å². The summed E-state index contributed by atoms with van der Waals surface area (Å²) in [4.78, 5) is 28.7. The van der Waals surface area contributed by atoms with Gasteiger partial charge in [0.2, 0.25) is 5.91 Å². The first-order valence-electron chi connectivity index (χ1n) is 11.3. The minimum atomic E-state index is -1.09. The molecule has 1 aromatic rings. The van der Waals surface area contributed by atoms with Crippen LogP contribution >= 0.6 is 11.6 Å². The Hall–Kier alpha value is -2.79. The molecule has 3 atom stereocenters. The zero-order valence-corrected chi connectivity index (χ0v) is 19.3. The number of halogens is 1. The van der Waals surface area contributed by atoms with Gasteiger partial charge >= 0.3 is 5.97 Å². The van der Waals surface area contributed by atoms with Crippen molar-refractivity contribution in [3.8, 4) is 11.8 Å². The number of amidine groups is 1. The number of ether oxygens (including phenoxy) is 1. The summed E-state index contributed by atoms with van der Waals surface area (Å²) in [6.07, 6.45) is 4.18. The minimum Gasteiger partial charge on any atom is -0.480 e. The number of amides is 1. The second kappa shape index (κ2) is 8.86. The molecular weight excluding hydrogens is 444 g/mol. The van der Waals surface area contributed by atoms with Gasteiger partial charge in [-0.25, -0.2) is 0 Å². The number of hydrogen-bond donors (Lipinski definition) is 3. The number of carboxylic acids is 1. The molecule has 1 amide bonds. The Bertz CT molecular complexity index is 989. The molecule has 4 fully saturated rings. The molecule has 1 aromatic carbocycles. The SMILES string of the molecule is CC(CC#N)(Oc1ccc(Cl)cc1)C(N)=NC1C2CC3CC1CC(C(=O)NCC(=O)O)(C3)C2.